The van der Waals surface area contributed by atoms with Crippen molar-refractivity contribution >= 4 is 5.69 Å². The Morgan fingerprint density at radius 3 is 2.72 bits per heavy atom. The van der Waals surface area contributed by atoms with E-state index in [9.17, 15) is 0 Å². The monoisotopic (exact) mass is 247 g/mol. The molecule has 2 rings (SSSR count). The van der Waals surface area contributed by atoms with Crippen LogP contribution in [0.1, 0.15) is 18.9 Å². The van der Waals surface area contributed by atoms with Crippen molar-refractivity contribution in [3.05, 3.63) is 29.8 Å². The van der Waals surface area contributed by atoms with E-state index in [1.807, 2.05) is 0 Å². The first-order chi connectivity index (χ1) is 8.77. The molecule has 0 amide bonds. The zero-order chi connectivity index (χ0) is 12.8. The number of aryl methyl sites for hydroxylation is 1. The number of hydrogen-bond acceptors (Lipinski definition) is 3. The number of anilines is 1. The third-order valence-electron chi connectivity index (χ3n) is 3.80. The molecule has 1 heterocycles. The maximum Gasteiger partial charge on any atom is 0.0369 e. The maximum absolute atomic E-state index is 3.54. The van der Waals surface area contributed by atoms with Crippen LogP contribution in [0.5, 0.6) is 0 Å². The van der Waals surface area contributed by atoms with Crippen LogP contribution in [0.4, 0.5) is 5.69 Å². The number of nitrogens with one attached hydrogen (secondary N) is 2. The highest BCUT2D eigenvalue weighted by Crippen LogP contribution is 2.13. The van der Waals surface area contributed by atoms with Gasteiger partial charge in [0.25, 0.3) is 0 Å². The van der Waals surface area contributed by atoms with Crippen LogP contribution in [0, 0.1) is 6.92 Å². The third-order valence-corrected chi connectivity index (χ3v) is 3.80. The Balaban J connectivity index is 1.73. The molecule has 0 bridgehead atoms. The van der Waals surface area contributed by atoms with E-state index in [0.29, 0.717) is 6.04 Å². The Morgan fingerprint density at radius 1 is 1.28 bits per heavy atom. The Labute approximate surface area is 111 Å². The molecule has 0 spiro atoms. The zero-order valence-electron chi connectivity index (χ0n) is 11.6. The predicted octanol–water partition coefficient (Wildman–Crippen LogP) is 2.09. The summed E-state index contributed by atoms with van der Waals surface area (Å²) in [5.41, 5.74) is 2.59. The topological polar surface area (TPSA) is 27.3 Å². The fraction of sp³-hybridized carbons (Fsp3) is 0.600. The molecule has 1 aromatic rings. The summed E-state index contributed by atoms with van der Waals surface area (Å²) in [6, 6.07) is 9.16. The van der Waals surface area contributed by atoms with Gasteiger partial charge in [-0.1, -0.05) is 18.2 Å². The first-order valence-corrected chi connectivity index (χ1v) is 7.01. The van der Waals surface area contributed by atoms with Gasteiger partial charge < -0.3 is 10.6 Å². The van der Waals surface area contributed by atoms with Gasteiger partial charge in [-0.15, -0.1) is 0 Å². The summed E-state index contributed by atoms with van der Waals surface area (Å²) in [5.74, 6) is 0. The first kappa shape index (κ1) is 13.4. The van der Waals surface area contributed by atoms with Gasteiger partial charge in [0.1, 0.15) is 0 Å². The second kappa shape index (κ2) is 6.76. The van der Waals surface area contributed by atoms with E-state index in [2.05, 4.69) is 53.6 Å². The van der Waals surface area contributed by atoms with Crippen molar-refractivity contribution in [3.63, 3.8) is 0 Å². The van der Waals surface area contributed by atoms with E-state index in [1.165, 1.54) is 30.8 Å². The summed E-state index contributed by atoms with van der Waals surface area (Å²) in [6.45, 7) is 10.2. The molecular weight excluding hydrogens is 222 g/mol. The molecule has 1 aliphatic heterocycles. The second-order valence-electron chi connectivity index (χ2n) is 5.17. The van der Waals surface area contributed by atoms with Gasteiger partial charge in [0.15, 0.2) is 0 Å². The van der Waals surface area contributed by atoms with Crippen molar-refractivity contribution in [1.29, 1.82) is 0 Å². The lowest BCUT2D eigenvalue weighted by Gasteiger charge is -2.33. The van der Waals surface area contributed by atoms with Crippen LogP contribution < -0.4 is 10.6 Å². The van der Waals surface area contributed by atoms with Crippen LogP contribution in [-0.4, -0.2) is 43.7 Å². The minimum absolute atomic E-state index is 0.670. The SMILES string of the molecule is Cc1ccccc1NCCC(C)N1CCNCC1. The van der Waals surface area contributed by atoms with Gasteiger partial charge >= 0.3 is 0 Å². The molecule has 0 radical (unpaired) electrons. The van der Waals surface area contributed by atoms with Crippen LogP contribution in [0.2, 0.25) is 0 Å². The lowest BCUT2D eigenvalue weighted by Crippen LogP contribution is -2.47. The molecule has 3 nitrogen and oxygen atoms in total. The smallest absolute Gasteiger partial charge is 0.0369 e. The lowest BCUT2D eigenvalue weighted by atomic mass is 10.1. The number of nitrogens with zero attached hydrogens (tertiary/aromatic N) is 1. The maximum atomic E-state index is 3.54. The molecule has 0 saturated carbocycles. The summed E-state index contributed by atoms with van der Waals surface area (Å²) >= 11 is 0. The van der Waals surface area contributed by atoms with Gasteiger partial charge in [-0.2, -0.15) is 0 Å². The first-order valence-electron chi connectivity index (χ1n) is 7.01. The molecule has 0 aliphatic carbocycles. The summed E-state index contributed by atoms with van der Waals surface area (Å²) < 4.78 is 0. The van der Waals surface area contributed by atoms with Crippen molar-refractivity contribution in [2.24, 2.45) is 0 Å². The normalized spacial score (nSPS) is 18.6. The molecule has 100 valence electrons. The Morgan fingerprint density at radius 2 is 2.00 bits per heavy atom. The van der Waals surface area contributed by atoms with E-state index in [4.69, 9.17) is 0 Å². The highest BCUT2D eigenvalue weighted by molar-refractivity contribution is 5.50. The molecule has 1 aromatic carbocycles. The molecule has 1 atom stereocenters. The van der Waals surface area contributed by atoms with Crippen LogP contribution >= 0.6 is 0 Å². The molecule has 1 unspecified atom stereocenters. The van der Waals surface area contributed by atoms with Crippen molar-refractivity contribution in [3.8, 4) is 0 Å². The van der Waals surface area contributed by atoms with E-state index in [1.54, 1.807) is 0 Å². The predicted molar refractivity (Wildman–Crippen MR) is 78.2 cm³/mol. The van der Waals surface area contributed by atoms with Crippen LogP contribution in [0.15, 0.2) is 24.3 Å². The minimum Gasteiger partial charge on any atom is -0.385 e. The van der Waals surface area contributed by atoms with E-state index < -0.39 is 0 Å². The van der Waals surface area contributed by atoms with E-state index in [0.717, 1.165) is 19.6 Å². The van der Waals surface area contributed by atoms with E-state index in [-0.39, 0.29) is 0 Å². The average Bonchev–Trinajstić information content (AvgIpc) is 2.42. The highest BCUT2D eigenvalue weighted by Gasteiger charge is 2.15. The van der Waals surface area contributed by atoms with Gasteiger partial charge in [-0.05, 0) is 31.9 Å². The Bertz CT molecular complexity index is 359. The fourth-order valence-corrected chi connectivity index (χ4v) is 2.49. The highest BCUT2D eigenvalue weighted by atomic mass is 15.2. The van der Waals surface area contributed by atoms with Crippen LogP contribution in [0.3, 0.4) is 0 Å². The Hall–Kier alpha value is -1.06. The molecule has 1 fully saturated rings. The molecular formula is C15H25N3. The van der Waals surface area contributed by atoms with Crippen molar-refractivity contribution in [2.45, 2.75) is 26.3 Å². The summed E-state index contributed by atoms with van der Waals surface area (Å²) in [4.78, 5) is 2.58. The average molecular weight is 247 g/mol. The Kier molecular flexibility index (Phi) is 5.02. The van der Waals surface area contributed by atoms with Gasteiger partial charge in [0.2, 0.25) is 0 Å². The number of rotatable bonds is 5. The molecule has 3 heteroatoms. The van der Waals surface area contributed by atoms with Gasteiger partial charge in [-0.3, -0.25) is 4.90 Å². The minimum atomic E-state index is 0.670. The summed E-state index contributed by atoms with van der Waals surface area (Å²) in [7, 11) is 0. The molecule has 0 aromatic heterocycles. The number of piperazine rings is 1. The van der Waals surface area contributed by atoms with Crippen LogP contribution in [-0.2, 0) is 0 Å². The zero-order valence-corrected chi connectivity index (χ0v) is 11.6. The largest absolute Gasteiger partial charge is 0.385 e. The number of para-hydroxylation sites is 1. The second-order valence-corrected chi connectivity index (χ2v) is 5.17. The summed E-state index contributed by atoms with van der Waals surface area (Å²) in [5, 5.41) is 6.94. The van der Waals surface area contributed by atoms with Crippen molar-refractivity contribution in [2.75, 3.05) is 38.0 Å². The number of hydrogen-bond donors (Lipinski definition) is 2. The van der Waals surface area contributed by atoms with Crippen LogP contribution in [0.25, 0.3) is 0 Å². The standard InChI is InChI=1S/C15H25N3/c1-13-5-3-4-6-15(13)17-8-7-14(2)18-11-9-16-10-12-18/h3-6,14,16-17H,7-12H2,1-2H3. The fourth-order valence-electron chi connectivity index (χ4n) is 2.49. The quantitative estimate of drug-likeness (QED) is 0.834. The van der Waals surface area contributed by atoms with Gasteiger partial charge in [0, 0.05) is 44.5 Å². The van der Waals surface area contributed by atoms with Crippen molar-refractivity contribution in [1.82, 2.24) is 10.2 Å². The third kappa shape index (κ3) is 3.72. The van der Waals surface area contributed by atoms with E-state index >= 15 is 0 Å². The molecule has 1 saturated heterocycles. The summed E-state index contributed by atoms with van der Waals surface area (Å²) in [6.07, 6.45) is 1.20. The van der Waals surface area contributed by atoms with Gasteiger partial charge in [0.05, 0.1) is 0 Å². The van der Waals surface area contributed by atoms with Gasteiger partial charge in [-0.25, -0.2) is 0 Å². The number of benzene rings is 1. The molecule has 2 N–H and O–H groups in total. The molecule has 18 heavy (non-hydrogen) atoms. The molecule has 1 aliphatic rings. The lowest BCUT2D eigenvalue weighted by molar-refractivity contribution is 0.179. The van der Waals surface area contributed by atoms with Crippen molar-refractivity contribution < 1.29 is 0 Å².